The lowest BCUT2D eigenvalue weighted by Gasteiger charge is -2.45. The maximum absolute atomic E-state index is 14.2. The number of hydrogen-bond acceptors (Lipinski definition) is 4. The molecule has 2 saturated heterocycles. The molecule has 0 bridgehead atoms. The van der Waals surface area contributed by atoms with E-state index in [9.17, 15) is 14.4 Å². The van der Waals surface area contributed by atoms with Crippen LogP contribution >= 0.6 is 0 Å². The van der Waals surface area contributed by atoms with E-state index in [1.54, 1.807) is 0 Å². The average Bonchev–Trinajstić information content (AvgIpc) is 3.28. The molecule has 2 N–H and O–H groups in total. The topological polar surface area (TPSA) is 91.6 Å². The van der Waals surface area contributed by atoms with E-state index >= 15 is 0 Å². The van der Waals surface area contributed by atoms with Crippen LogP contribution < -0.4 is 5.32 Å². The molecule has 3 fully saturated rings. The van der Waals surface area contributed by atoms with Crippen LogP contribution in [0, 0.1) is 29.1 Å². The normalized spacial score (nSPS) is 38.8. The largest absolute Gasteiger partial charge is 0.365 e. The first-order valence-corrected chi connectivity index (χ1v) is 13.8. The molecule has 6 nitrogen and oxygen atoms in total. The number of aromatic nitrogens is 1. The third kappa shape index (κ3) is 3.68. The van der Waals surface area contributed by atoms with Crippen molar-refractivity contribution in [2.45, 2.75) is 64.7 Å². The molecule has 1 spiro atoms. The first-order valence-electron chi connectivity index (χ1n) is 13.8. The number of epoxide rings is 1. The summed E-state index contributed by atoms with van der Waals surface area (Å²) < 4.78 is 6.35. The van der Waals surface area contributed by atoms with Crippen LogP contribution in [0.4, 0.5) is 0 Å². The monoisotopic (exact) mass is 512 g/mol. The molecule has 6 rings (SSSR count). The Morgan fingerprint density at radius 2 is 1.89 bits per heavy atom. The van der Waals surface area contributed by atoms with E-state index in [4.69, 9.17) is 4.74 Å². The van der Waals surface area contributed by atoms with E-state index < -0.39 is 16.9 Å². The lowest BCUT2D eigenvalue weighted by atomic mass is 9.51. The van der Waals surface area contributed by atoms with Gasteiger partial charge in [-0.1, -0.05) is 55.8 Å². The van der Waals surface area contributed by atoms with E-state index in [0.29, 0.717) is 6.42 Å². The predicted octanol–water partition coefficient (Wildman–Crippen LogP) is 4.86. The number of H-pyrrole nitrogens is 1. The SMILES string of the molecule is CC1=C[C@@H](C)CC=C[C@H]2[C@@H]3O[C@]3(C)[C@@H](C)[C@H]3[C@H](Cc4c[nH]c5ccccc45)NC(=O)[C@]32C(=O)C=CC(=O)C1. The summed E-state index contributed by atoms with van der Waals surface area (Å²) in [5.41, 5.74) is 1.44. The molecule has 1 saturated carbocycles. The van der Waals surface area contributed by atoms with Crippen molar-refractivity contribution >= 4 is 28.4 Å². The second kappa shape index (κ2) is 8.91. The van der Waals surface area contributed by atoms with E-state index in [1.807, 2.05) is 31.3 Å². The third-order valence-corrected chi connectivity index (χ3v) is 9.65. The molecule has 2 aromatic rings. The highest BCUT2D eigenvalue weighted by molar-refractivity contribution is 6.15. The molecular weight excluding hydrogens is 476 g/mol. The number of allylic oxidation sites excluding steroid dienone is 5. The van der Waals surface area contributed by atoms with Crippen LogP contribution in [-0.2, 0) is 25.5 Å². The molecule has 0 radical (unpaired) electrons. The Labute approximate surface area is 223 Å². The van der Waals surface area contributed by atoms with Crippen LogP contribution in [0.3, 0.4) is 0 Å². The van der Waals surface area contributed by atoms with E-state index in [1.165, 1.54) is 12.2 Å². The smallest absolute Gasteiger partial charge is 0.235 e. The highest BCUT2D eigenvalue weighted by Gasteiger charge is 2.78. The standard InChI is InChI=1S/C32H36N2O4/c1-18-8-7-10-24-29-31(4,38-29)20(3)28-26(16-21-17-33-25-11-6-5-9-23(21)25)34-30(37)32(24,28)27(36)13-12-22(35)15-19(2)14-18/h5-7,9-14,17-18,20,24,26,28-29,33H,8,15-16H2,1-4H3,(H,34,37)/t18-,20-,24-,26-,28-,29-,31+,32+/m0/s1. The van der Waals surface area contributed by atoms with Crippen molar-refractivity contribution in [3.63, 3.8) is 0 Å². The van der Waals surface area contributed by atoms with Crippen LogP contribution in [0.25, 0.3) is 10.9 Å². The Kier molecular flexibility index (Phi) is 5.87. The fourth-order valence-electron chi connectivity index (χ4n) is 7.70. The number of nitrogens with one attached hydrogen (secondary N) is 2. The van der Waals surface area contributed by atoms with Gasteiger partial charge in [0.15, 0.2) is 11.6 Å². The molecule has 4 aliphatic rings. The van der Waals surface area contributed by atoms with Crippen molar-refractivity contribution in [1.29, 1.82) is 0 Å². The summed E-state index contributed by atoms with van der Waals surface area (Å²) in [7, 11) is 0. The highest BCUT2D eigenvalue weighted by Crippen LogP contribution is 2.66. The van der Waals surface area contributed by atoms with Gasteiger partial charge >= 0.3 is 0 Å². The van der Waals surface area contributed by atoms with Gasteiger partial charge in [0, 0.05) is 41.4 Å². The quantitative estimate of drug-likeness (QED) is 0.342. The highest BCUT2D eigenvalue weighted by atomic mass is 16.6. The van der Waals surface area contributed by atoms with Gasteiger partial charge in [-0.15, -0.1) is 0 Å². The van der Waals surface area contributed by atoms with Gasteiger partial charge in [-0.25, -0.2) is 0 Å². The molecule has 38 heavy (non-hydrogen) atoms. The van der Waals surface area contributed by atoms with Gasteiger partial charge in [0.2, 0.25) is 5.91 Å². The number of carbonyl (C=O) groups is 3. The first-order chi connectivity index (χ1) is 18.2. The zero-order valence-corrected chi connectivity index (χ0v) is 22.5. The fourth-order valence-corrected chi connectivity index (χ4v) is 7.70. The maximum Gasteiger partial charge on any atom is 0.235 e. The number of ether oxygens (including phenoxy) is 1. The lowest BCUT2D eigenvalue weighted by Crippen LogP contribution is -2.58. The van der Waals surface area contributed by atoms with Gasteiger partial charge in [-0.3, -0.25) is 14.4 Å². The maximum atomic E-state index is 14.2. The molecule has 8 atom stereocenters. The van der Waals surface area contributed by atoms with Crippen molar-refractivity contribution in [1.82, 2.24) is 10.3 Å². The first kappa shape index (κ1) is 25.1. The Bertz CT molecular complexity index is 1420. The summed E-state index contributed by atoms with van der Waals surface area (Å²) in [6.45, 7) is 8.31. The van der Waals surface area contributed by atoms with Gasteiger partial charge in [0.25, 0.3) is 0 Å². The average molecular weight is 513 g/mol. The molecule has 1 amide bonds. The van der Waals surface area contributed by atoms with Crippen molar-refractivity contribution in [2.24, 2.45) is 29.1 Å². The van der Waals surface area contributed by atoms with Crippen LogP contribution in [0.5, 0.6) is 0 Å². The molecule has 1 aromatic carbocycles. The Balaban J connectivity index is 1.46. The van der Waals surface area contributed by atoms with E-state index in [0.717, 1.165) is 28.5 Å². The van der Waals surface area contributed by atoms with Crippen LogP contribution in [-0.4, -0.2) is 40.2 Å². The molecule has 0 unspecified atom stereocenters. The minimum atomic E-state index is -1.32. The number of para-hydroxylation sites is 1. The number of amides is 1. The number of carbonyl (C=O) groups excluding carboxylic acids is 3. The van der Waals surface area contributed by atoms with Crippen LogP contribution in [0.2, 0.25) is 0 Å². The summed E-state index contributed by atoms with van der Waals surface area (Å²) in [5.74, 6) is -1.12. The molecule has 2 aliphatic heterocycles. The van der Waals surface area contributed by atoms with Gasteiger partial charge in [-0.2, -0.15) is 0 Å². The molecule has 198 valence electrons. The number of benzene rings is 1. The summed E-state index contributed by atoms with van der Waals surface area (Å²) in [6.07, 6.45) is 12.5. The minimum absolute atomic E-state index is 0.0297. The Morgan fingerprint density at radius 1 is 1.11 bits per heavy atom. The lowest BCUT2D eigenvalue weighted by molar-refractivity contribution is -0.145. The predicted molar refractivity (Wildman–Crippen MR) is 146 cm³/mol. The zero-order valence-electron chi connectivity index (χ0n) is 22.5. The molecule has 2 aliphatic carbocycles. The number of fused-ring (bicyclic) bond motifs is 3. The minimum Gasteiger partial charge on any atom is -0.365 e. The third-order valence-electron chi connectivity index (χ3n) is 9.65. The Hall–Kier alpha value is -3.25. The van der Waals surface area contributed by atoms with Crippen molar-refractivity contribution in [2.75, 3.05) is 0 Å². The summed E-state index contributed by atoms with van der Waals surface area (Å²) in [5, 5.41) is 4.39. The second-order valence-corrected chi connectivity index (χ2v) is 12.1. The van der Waals surface area contributed by atoms with Crippen LogP contribution in [0.1, 0.15) is 46.1 Å². The number of rotatable bonds is 2. The molecular formula is C32H36N2O4. The summed E-state index contributed by atoms with van der Waals surface area (Å²) in [6, 6.07) is 7.90. The van der Waals surface area contributed by atoms with E-state index in [-0.39, 0.29) is 53.8 Å². The molecule has 1 aromatic heterocycles. The number of aromatic amines is 1. The Morgan fingerprint density at radius 3 is 2.71 bits per heavy atom. The van der Waals surface area contributed by atoms with Crippen molar-refractivity contribution in [3.8, 4) is 0 Å². The van der Waals surface area contributed by atoms with Gasteiger partial charge in [0.1, 0.15) is 5.41 Å². The second-order valence-electron chi connectivity index (χ2n) is 12.1. The van der Waals surface area contributed by atoms with Gasteiger partial charge < -0.3 is 15.0 Å². The number of ketones is 2. The number of hydrogen-bond donors (Lipinski definition) is 2. The summed E-state index contributed by atoms with van der Waals surface area (Å²) >= 11 is 0. The zero-order chi connectivity index (χ0) is 26.8. The summed E-state index contributed by atoms with van der Waals surface area (Å²) in [4.78, 5) is 44.4. The molecule has 3 heterocycles. The fraction of sp³-hybridized carbons (Fsp3) is 0.469. The van der Waals surface area contributed by atoms with E-state index in [2.05, 4.69) is 55.4 Å². The van der Waals surface area contributed by atoms with Gasteiger partial charge in [-0.05, 0) is 62.3 Å². The molecule has 6 heteroatoms. The van der Waals surface area contributed by atoms with Crippen molar-refractivity contribution < 1.29 is 19.1 Å². The van der Waals surface area contributed by atoms with Crippen molar-refractivity contribution in [3.05, 3.63) is 72.0 Å². The van der Waals surface area contributed by atoms with Gasteiger partial charge in [0.05, 0.1) is 11.7 Å². The van der Waals surface area contributed by atoms with Crippen LogP contribution in [0.15, 0.2) is 66.4 Å².